The molecule has 4 aromatic rings. The van der Waals surface area contributed by atoms with Crippen molar-refractivity contribution in [2.75, 3.05) is 6.54 Å². The van der Waals surface area contributed by atoms with E-state index in [1.807, 2.05) is 77.6 Å². The van der Waals surface area contributed by atoms with Gasteiger partial charge in [-0.25, -0.2) is 9.67 Å². The average Bonchev–Trinajstić information content (AvgIpc) is 3.39. The van der Waals surface area contributed by atoms with Crippen LogP contribution in [0, 0.1) is 0 Å². The van der Waals surface area contributed by atoms with E-state index in [0.717, 1.165) is 22.0 Å². The van der Waals surface area contributed by atoms with E-state index in [9.17, 15) is 4.79 Å². The smallest absolute Gasteiger partial charge is 0.263 e. The highest BCUT2D eigenvalue weighted by atomic mass is 32.1. The molecule has 6 heteroatoms. The van der Waals surface area contributed by atoms with Crippen molar-refractivity contribution in [3.63, 3.8) is 0 Å². The van der Waals surface area contributed by atoms with Gasteiger partial charge in [0.1, 0.15) is 9.88 Å². The Morgan fingerprint density at radius 2 is 1.74 bits per heavy atom. The molecule has 0 aliphatic rings. The molecule has 2 aromatic heterocycles. The van der Waals surface area contributed by atoms with Gasteiger partial charge < -0.3 is 5.32 Å². The van der Waals surface area contributed by atoms with E-state index in [0.29, 0.717) is 17.8 Å². The van der Waals surface area contributed by atoms with Crippen molar-refractivity contribution in [3.8, 4) is 16.3 Å². The molecule has 2 aromatic carbocycles. The number of rotatable bonds is 6. The molecule has 0 saturated carbocycles. The highest BCUT2D eigenvalue weighted by molar-refractivity contribution is 7.16. The predicted molar refractivity (Wildman–Crippen MR) is 107 cm³/mol. The highest BCUT2D eigenvalue weighted by Crippen LogP contribution is 2.24. The average molecular weight is 374 g/mol. The Balaban J connectivity index is 1.33. The number of nitrogens with zero attached hydrogens (tertiary/aromatic N) is 3. The molecular weight excluding hydrogens is 356 g/mol. The fraction of sp³-hybridized carbons (Fsp3) is 0.0952. The topological polar surface area (TPSA) is 59.8 Å². The minimum absolute atomic E-state index is 0.0998. The molecule has 27 heavy (non-hydrogen) atoms. The summed E-state index contributed by atoms with van der Waals surface area (Å²) in [6.07, 6.45) is 4.24. The number of para-hydroxylation sites is 1. The summed E-state index contributed by atoms with van der Waals surface area (Å²) in [5.41, 5.74) is 2.98. The van der Waals surface area contributed by atoms with Crippen LogP contribution in [0.5, 0.6) is 0 Å². The fourth-order valence-electron chi connectivity index (χ4n) is 2.70. The molecule has 0 bridgehead atoms. The number of nitrogens with one attached hydrogen (secondary N) is 1. The highest BCUT2D eigenvalue weighted by Gasteiger charge is 2.11. The summed E-state index contributed by atoms with van der Waals surface area (Å²) in [6, 6.07) is 21.8. The van der Waals surface area contributed by atoms with Gasteiger partial charge in [-0.05, 0) is 18.2 Å². The quantitative estimate of drug-likeness (QED) is 0.556. The number of carbonyl (C=O) groups excluding carboxylic acids is 1. The molecular formula is C21H18N4OS. The third-order valence-corrected chi connectivity index (χ3v) is 5.13. The maximum absolute atomic E-state index is 12.3. The number of aromatic nitrogens is 3. The van der Waals surface area contributed by atoms with Gasteiger partial charge in [0.25, 0.3) is 5.91 Å². The van der Waals surface area contributed by atoms with Crippen molar-refractivity contribution < 1.29 is 4.79 Å². The van der Waals surface area contributed by atoms with Gasteiger partial charge in [0.15, 0.2) is 0 Å². The molecule has 0 radical (unpaired) electrons. The molecule has 5 nitrogen and oxygen atoms in total. The molecule has 0 unspecified atom stereocenters. The van der Waals surface area contributed by atoms with Crippen LogP contribution in [0.4, 0.5) is 0 Å². The molecule has 134 valence electrons. The largest absolute Gasteiger partial charge is 0.351 e. The summed E-state index contributed by atoms with van der Waals surface area (Å²) in [5, 5.41) is 8.34. The lowest BCUT2D eigenvalue weighted by atomic mass is 10.2. The third kappa shape index (κ3) is 4.12. The van der Waals surface area contributed by atoms with Crippen LogP contribution < -0.4 is 5.32 Å². The summed E-state index contributed by atoms with van der Waals surface area (Å²) in [5.74, 6) is -0.0998. The number of carbonyl (C=O) groups is 1. The first-order valence-corrected chi connectivity index (χ1v) is 9.51. The van der Waals surface area contributed by atoms with E-state index in [4.69, 9.17) is 0 Å². The Hall–Kier alpha value is -3.25. The Morgan fingerprint density at radius 3 is 2.52 bits per heavy atom. The van der Waals surface area contributed by atoms with Gasteiger partial charge in [-0.2, -0.15) is 5.10 Å². The van der Waals surface area contributed by atoms with E-state index in [1.165, 1.54) is 11.3 Å². The molecule has 0 aliphatic carbocycles. The van der Waals surface area contributed by atoms with Crippen molar-refractivity contribution >= 4 is 17.2 Å². The minimum Gasteiger partial charge on any atom is -0.351 e. The lowest BCUT2D eigenvalue weighted by Crippen LogP contribution is -2.25. The first kappa shape index (κ1) is 17.2. The standard InChI is InChI=1S/C21H18N4OS/c26-20(19-15-23-21(27-19)16-7-3-1-4-8-16)22-13-11-17-12-14-25(24-17)18-9-5-2-6-10-18/h1-10,12,14-15H,11,13H2,(H,22,26). The molecule has 0 atom stereocenters. The van der Waals surface area contributed by atoms with Crippen LogP contribution in [0.25, 0.3) is 16.3 Å². The Morgan fingerprint density at radius 1 is 1.00 bits per heavy atom. The molecule has 4 rings (SSSR count). The van der Waals surface area contributed by atoms with Gasteiger partial charge in [0.2, 0.25) is 0 Å². The van der Waals surface area contributed by atoms with Crippen LogP contribution in [-0.2, 0) is 6.42 Å². The minimum atomic E-state index is -0.0998. The zero-order valence-corrected chi connectivity index (χ0v) is 15.4. The van der Waals surface area contributed by atoms with Crippen molar-refractivity contribution in [1.82, 2.24) is 20.1 Å². The Bertz CT molecular complexity index is 1020. The van der Waals surface area contributed by atoms with Crippen molar-refractivity contribution in [2.45, 2.75) is 6.42 Å². The maximum atomic E-state index is 12.3. The zero-order chi connectivity index (χ0) is 18.5. The van der Waals surface area contributed by atoms with E-state index in [-0.39, 0.29) is 5.91 Å². The van der Waals surface area contributed by atoms with Crippen molar-refractivity contribution in [1.29, 1.82) is 0 Å². The van der Waals surface area contributed by atoms with Crippen LogP contribution in [0.15, 0.2) is 79.1 Å². The molecule has 0 aliphatic heterocycles. The number of hydrogen-bond donors (Lipinski definition) is 1. The Labute approximate surface area is 161 Å². The number of hydrogen-bond acceptors (Lipinski definition) is 4. The number of amides is 1. The summed E-state index contributed by atoms with van der Waals surface area (Å²) >= 11 is 1.40. The van der Waals surface area contributed by atoms with Gasteiger partial charge in [-0.3, -0.25) is 4.79 Å². The molecule has 2 heterocycles. The van der Waals surface area contributed by atoms with Crippen molar-refractivity contribution in [3.05, 3.63) is 89.7 Å². The van der Waals surface area contributed by atoms with Crippen LogP contribution in [0.1, 0.15) is 15.4 Å². The maximum Gasteiger partial charge on any atom is 0.263 e. The molecule has 0 fully saturated rings. The molecule has 0 spiro atoms. The second-order valence-electron chi connectivity index (χ2n) is 5.99. The van der Waals surface area contributed by atoms with E-state index < -0.39 is 0 Å². The van der Waals surface area contributed by atoms with Crippen LogP contribution in [-0.4, -0.2) is 27.2 Å². The van der Waals surface area contributed by atoms with Gasteiger partial charge >= 0.3 is 0 Å². The van der Waals surface area contributed by atoms with Crippen molar-refractivity contribution in [2.24, 2.45) is 0 Å². The van der Waals surface area contributed by atoms with Gasteiger partial charge in [0.05, 0.1) is 17.6 Å². The van der Waals surface area contributed by atoms with Crippen LogP contribution >= 0.6 is 11.3 Å². The lowest BCUT2D eigenvalue weighted by Gasteiger charge is -2.02. The normalized spacial score (nSPS) is 10.7. The van der Waals surface area contributed by atoms with Crippen LogP contribution in [0.2, 0.25) is 0 Å². The zero-order valence-electron chi connectivity index (χ0n) is 14.6. The molecule has 1 N–H and O–H groups in total. The number of benzene rings is 2. The van der Waals surface area contributed by atoms with Crippen LogP contribution in [0.3, 0.4) is 0 Å². The monoisotopic (exact) mass is 374 g/mol. The summed E-state index contributed by atoms with van der Waals surface area (Å²) in [7, 11) is 0. The Kier molecular flexibility index (Phi) is 5.07. The SMILES string of the molecule is O=C(NCCc1ccn(-c2ccccc2)n1)c1cnc(-c2ccccc2)s1. The summed E-state index contributed by atoms with van der Waals surface area (Å²) < 4.78 is 1.84. The van der Waals surface area contributed by atoms with E-state index >= 15 is 0 Å². The molecule has 1 amide bonds. The first-order chi connectivity index (χ1) is 13.3. The van der Waals surface area contributed by atoms with Gasteiger partial charge in [-0.1, -0.05) is 48.5 Å². The lowest BCUT2D eigenvalue weighted by molar-refractivity contribution is 0.0958. The first-order valence-electron chi connectivity index (χ1n) is 8.69. The van der Waals surface area contributed by atoms with Gasteiger partial charge in [0, 0.05) is 24.7 Å². The second kappa shape index (κ2) is 7.97. The van der Waals surface area contributed by atoms with E-state index in [1.54, 1.807) is 6.20 Å². The second-order valence-corrected chi connectivity index (χ2v) is 7.02. The van der Waals surface area contributed by atoms with Gasteiger partial charge in [-0.15, -0.1) is 11.3 Å². The summed E-state index contributed by atoms with van der Waals surface area (Å²) in [6.45, 7) is 0.531. The fourth-order valence-corrected chi connectivity index (χ4v) is 3.54. The summed E-state index contributed by atoms with van der Waals surface area (Å²) in [4.78, 5) is 17.3. The predicted octanol–water partition coefficient (Wildman–Crippen LogP) is 3.97. The molecule has 0 saturated heterocycles. The third-order valence-electron chi connectivity index (χ3n) is 4.08. The van der Waals surface area contributed by atoms with E-state index in [2.05, 4.69) is 15.4 Å². The number of thiazole rings is 1.